The molecule has 3 fully saturated rings. The van der Waals surface area contributed by atoms with E-state index in [-0.39, 0.29) is 17.7 Å². The summed E-state index contributed by atoms with van der Waals surface area (Å²) in [6.07, 6.45) is 9.89. The Morgan fingerprint density at radius 3 is 2.63 bits per heavy atom. The van der Waals surface area contributed by atoms with E-state index < -0.39 is 0 Å². The molecule has 2 aliphatic heterocycles. The molecule has 198 valence electrons. The lowest BCUT2D eigenvalue weighted by molar-refractivity contribution is -0.139. The number of anilines is 1. The van der Waals surface area contributed by atoms with Gasteiger partial charge in [0.1, 0.15) is 0 Å². The molecule has 3 aromatic rings. The van der Waals surface area contributed by atoms with Gasteiger partial charge in [-0.15, -0.1) is 0 Å². The fourth-order valence-electron chi connectivity index (χ4n) is 6.32. The molecule has 8 nitrogen and oxygen atoms in total. The number of carbonyl (C=O) groups is 1. The first-order chi connectivity index (χ1) is 18.5. The van der Waals surface area contributed by atoms with Crippen molar-refractivity contribution < 1.29 is 4.79 Å². The molecule has 1 saturated carbocycles. The largest absolute Gasteiger partial charge is 0.366 e. The predicted molar refractivity (Wildman–Crippen MR) is 148 cm³/mol. The highest BCUT2D eigenvalue weighted by Crippen LogP contribution is 2.35. The van der Waals surface area contributed by atoms with E-state index in [1.807, 2.05) is 15.6 Å². The summed E-state index contributed by atoms with van der Waals surface area (Å²) in [4.78, 5) is 24.6. The molecule has 1 aliphatic carbocycles. The maximum Gasteiger partial charge on any atom is 0.225 e. The summed E-state index contributed by atoms with van der Waals surface area (Å²) < 4.78 is 1.94. The molecule has 3 aliphatic rings. The number of likely N-dealkylation sites (tertiary alicyclic amines) is 1. The molecule has 38 heavy (non-hydrogen) atoms. The van der Waals surface area contributed by atoms with Gasteiger partial charge in [-0.05, 0) is 75.8 Å². The van der Waals surface area contributed by atoms with Crippen molar-refractivity contribution >= 4 is 17.1 Å². The van der Waals surface area contributed by atoms with E-state index >= 15 is 0 Å². The van der Waals surface area contributed by atoms with E-state index in [1.165, 1.54) is 24.9 Å². The first kappa shape index (κ1) is 24.9. The number of piperidine rings is 1. The maximum atomic E-state index is 12.8. The van der Waals surface area contributed by atoms with Gasteiger partial charge in [0, 0.05) is 74.8 Å². The van der Waals surface area contributed by atoms with Crippen LogP contribution in [0.5, 0.6) is 0 Å². The van der Waals surface area contributed by atoms with Crippen LogP contribution in [0.2, 0.25) is 0 Å². The number of pyridine rings is 1. The van der Waals surface area contributed by atoms with E-state index in [9.17, 15) is 4.79 Å². The summed E-state index contributed by atoms with van der Waals surface area (Å²) in [5.41, 5.74) is 5.56. The average Bonchev–Trinajstić information content (AvgIpc) is 3.37. The van der Waals surface area contributed by atoms with Gasteiger partial charge >= 0.3 is 0 Å². The third kappa shape index (κ3) is 4.76. The molecule has 8 heteroatoms. The number of hydrogen-bond donors (Lipinski definition) is 0. The summed E-state index contributed by atoms with van der Waals surface area (Å²) in [6, 6.07) is 11.5. The standard InChI is InChI=1S/C30H37N7O/c1-21(2)36-9-3-4-24(19-36)23-5-6-27(32-18-23)26-16-29-28(7-8-33-37(29)20-26)34-10-12-35(13-11-34)30(38)25-14-22(15-25)17-31/h5-8,16,18,20-22,24-25H,3-4,9-15,19H2,1-2H3/t22-,24-,25-/m0/s1. The van der Waals surface area contributed by atoms with Crippen LogP contribution in [0.15, 0.2) is 42.9 Å². The molecule has 6 rings (SSSR count). The van der Waals surface area contributed by atoms with Gasteiger partial charge < -0.3 is 14.7 Å². The molecular weight excluding hydrogens is 474 g/mol. The number of nitriles is 1. The highest BCUT2D eigenvalue weighted by molar-refractivity contribution is 5.81. The Hall–Kier alpha value is -3.44. The molecule has 0 N–H and O–H groups in total. The lowest BCUT2D eigenvalue weighted by Gasteiger charge is -2.40. The average molecular weight is 512 g/mol. The van der Waals surface area contributed by atoms with Crippen molar-refractivity contribution in [1.82, 2.24) is 24.4 Å². The van der Waals surface area contributed by atoms with Crippen LogP contribution in [0.1, 0.15) is 51.0 Å². The maximum absolute atomic E-state index is 12.8. The topological polar surface area (TPSA) is 80.8 Å². The molecule has 0 aromatic carbocycles. The summed E-state index contributed by atoms with van der Waals surface area (Å²) in [5, 5.41) is 13.6. The monoisotopic (exact) mass is 511 g/mol. The van der Waals surface area contributed by atoms with Crippen LogP contribution in [0.4, 0.5) is 5.69 Å². The Bertz CT molecular complexity index is 1330. The van der Waals surface area contributed by atoms with Crippen LogP contribution in [0.25, 0.3) is 16.8 Å². The van der Waals surface area contributed by atoms with Crippen molar-refractivity contribution in [2.45, 2.75) is 51.5 Å². The third-order valence-corrected chi connectivity index (χ3v) is 8.82. The van der Waals surface area contributed by atoms with E-state index in [2.05, 4.69) is 71.5 Å². The Balaban J connectivity index is 1.14. The van der Waals surface area contributed by atoms with Gasteiger partial charge in [-0.25, -0.2) is 4.52 Å². The molecule has 2 saturated heterocycles. The number of piperazine rings is 1. The zero-order valence-corrected chi connectivity index (χ0v) is 22.5. The first-order valence-electron chi connectivity index (χ1n) is 14.1. The number of fused-ring (bicyclic) bond motifs is 1. The van der Waals surface area contributed by atoms with Crippen molar-refractivity contribution in [3.63, 3.8) is 0 Å². The lowest BCUT2D eigenvalue weighted by Crippen LogP contribution is -2.52. The Labute approximate surface area is 224 Å². The van der Waals surface area contributed by atoms with Crippen LogP contribution in [0.3, 0.4) is 0 Å². The minimum atomic E-state index is 0.0400. The van der Waals surface area contributed by atoms with Crippen molar-refractivity contribution in [3.8, 4) is 17.3 Å². The van der Waals surface area contributed by atoms with Gasteiger partial charge in [0.15, 0.2) is 0 Å². The molecule has 3 aromatic heterocycles. The van der Waals surface area contributed by atoms with E-state index in [0.29, 0.717) is 25.0 Å². The van der Waals surface area contributed by atoms with Crippen molar-refractivity contribution in [2.75, 3.05) is 44.2 Å². The van der Waals surface area contributed by atoms with Crippen molar-refractivity contribution in [3.05, 3.63) is 48.4 Å². The fourth-order valence-corrected chi connectivity index (χ4v) is 6.32. The summed E-state index contributed by atoms with van der Waals surface area (Å²) >= 11 is 0. The second-order valence-corrected chi connectivity index (χ2v) is 11.5. The van der Waals surface area contributed by atoms with E-state index in [0.717, 1.165) is 54.9 Å². The zero-order valence-electron chi connectivity index (χ0n) is 22.5. The second kappa shape index (κ2) is 10.4. The highest BCUT2D eigenvalue weighted by atomic mass is 16.2. The third-order valence-electron chi connectivity index (χ3n) is 8.82. The zero-order chi connectivity index (χ0) is 26.2. The molecule has 0 bridgehead atoms. The quantitative estimate of drug-likeness (QED) is 0.511. The molecule has 0 spiro atoms. The molecule has 5 heterocycles. The summed E-state index contributed by atoms with van der Waals surface area (Å²) in [6.45, 7) is 9.89. The number of carbonyl (C=O) groups excluding carboxylic acids is 1. The van der Waals surface area contributed by atoms with Gasteiger partial charge in [-0.3, -0.25) is 9.78 Å². The molecule has 0 unspecified atom stereocenters. The molecule has 1 amide bonds. The van der Waals surface area contributed by atoms with Gasteiger partial charge in [0.25, 0.3) is 0 Å². The van der Waals surface area contributed by atoms with Crippen LogP contribution in [-0.4, -0.2) is 75.6 Å². The normalized spacial score (nSPS) is 24.4. The predicted octanol–water partition coefficient (Wildman–Crippen LogP) is 4.18. The van der Waals surface area contributed by atoms with Gasteiger partial charge in [-0.1, -0.05) is 6.07 Å². The minimum Gasteiger partial charge on any atom is -0.366 e. The summed E-state index contributed by atoms with van der Waals surface area (Å²) in [7, 11) is 0. The Morgan fingerprint density at radius 2 is 1.92 bits per heavy atom. The summed E-state index contributed by atoms with van der Waals surface area (Å²) in [5.74, 6) is 0.877. The lowest BCUT2D eigenvalue weighted by atomic mass is 9.75. The number of nitrogens with zero attached hydrogens (tertiary/aromatic N) is 7. The van der Waals surface area contributed by atoms with Crippen LogP contribution in [-0.2, 0) is 4.79 Å². The van der Waals surface area contributed by atoms with Gasteiger partial charge in [-0.2, -0.15) is 10.4 Å². The smallest absolute Gasteiger partial charge is 0.225 e. The SMILES string of the molecule is CC(C)N1CCC[C@H](c2ccc(-c3cc4c(N5CCN(C(=O)[C@H]6C[C@H](C#N)C6)CC5)ccnn4c3)nc2)C1. The van der Waals surface area contributed by atoms with Gasteiger partial charge in [0.2, 0.25) is 5.91 Å². The molecule has 0 radical (unpaired) electrons. The fraction of sp³-hybridized carbons (Fsp3) is 0.533. The van der Waals surface area contributed by atoms with Crippen molar-refractivity contribution in [1.29, 1.82) is 5.26 Å². The Kier molecular flexibility index (Phi) is 6.79. The number of amides is 1. The van der Waals surface area contributed by atoms with Crippen LogP contribution >= 0.6 is 0 Å². The number of aromatic nitrogens is 3. The second-order valence-electron chi connectivity index (χ2n) is 11.5. The van der Waals surface area contributed by atoms with E-state index in [1.54, 1.807) is 0 Å². The van der Waals surface area contributed by atoms with Crippen LogP contribution in [0, 0.1) is 23.2 Å². The van der Waals surface area contributed by atoms with Gasteiger partial charge in [0.05, 0.1) is 23.0 Å². The Morgan fingerprint density at radius 1 is 1.11 bits per heavy atom. The number of hydrogen-bond acceptors (Lipinski definition) is 6. The van der Waals surface area contributed by atoms with Crippen LogP contribution < -0.4 is 4.90 Å². The number of rotatable bonds is 5. The molecular formula is C30H37N7O. The minimum absolute atomic E-state index is 0.0400. The molecule has 1 atom stereocenters. The van der Waals surface area contributed by atoms with Crippen molar-refractivity contribution in [2.24, 2.45) is 11.8 Å². The first-order valence-corrected chi connectivity index (χ1v) is 14.1. The van der Waals surface area contributed by atoms with E-state index in [4.69, 9.17) is 10.2 Å². The highest BCUT2D eigenvalue weighted by Gasteiger charge is 2.37.